The highest BCUT2D eigenvalue weighted by Crippen LogP contribution is 2.49. The van der Waals surface area contributed by atoms with Crippen LogP contribution in [0.15, 0.2) is 47.4 Å². The molecule has 1 amide bonds. The van der Waals surface area contributed by atoms with Crippen molar-refractivity contribution in [1.82, 2.24) is 4.31 Å². The number of carbonyl (C=O) groups is 1. The van der Waals surface area contributed by atoms with E-state index >= 15 is 0 Å². The van der Waals surface area contributed by atoms with Crippen molar-refractivity contribution in [3.8, 4) is 0 Å². The van der Waals surface area contributed by atoms with Crippen LogP contribution in [0.1, 0.15) is 24.0 Å². The average molecular weight is 393 g/mol. The van der Waals surface area contributed by atoms with Gasteiger partial charge in [0.05, 0.1) is 10.3 Å². The van der Waals surface area contributed by atoms with Gasteiger partial charge in [0.1, 0.15) is 0 Å². The van der Waals surface area contributed by atoms with Crippen LogP contribution in [0.25, 0.3) is 0 Å². The predicted octanol–water partition coefficient (Wildman–Crippen LogP) is 3.57. The lowest BCUT2D eigenvalue weighted by molar-refractivity contribution is -0.118. The molecule has 3 rings (SSSR count). The van der Waals surface area contributed by atoms with Crippen LogP contribution >= 0.6 is 11.6 Å². The van der Waals surface area contributed by atoms with Crippen molar-refractivity contribution in [2.24, 2.45) is 0 Å². The summed E-state index contributed by atoms with van der Waals surface area (Å²) in [6, 6.07) is 12.1. The molecule has 0 aromatic heterocycles. The molecule has 0 heterocycles. The van der Waals surface area contributed by atoms with Crippen LogP contribution in [0.3, 0.4) is 0 Å². The van der Waals surface area contributed by atoms with Crippen molar-refractivity contribution in [2.45, 2.75) is 30.1 Å². The van der Waals surface area contributed by atoms with Crippen molar-refractivity contribution in [3.63, 3.8) is 0 Å². The average Bonchev–Trinajstić information content (AvgIpc) is 3.38. The van der Waals surface area contributed by atoms with Crippen LogP contribution in [0.2, 0.25) is 5.02 Å². The van der Waals surface area contributed by atoms with Gasteiger partial charge < -0.3 is 5.32 Å². The predicted molar refractivity (Wildman–Crippen MR) is 103 cm³/mol. The molecule has 2 aromatic carbocycles. The molecule has 1 fully saturated rings. The molecule has 1 N–H and O–H groups in total. The summed E-state index contributed by atoms with van der Waals surface area (Å²) in [6.07, 6.45) is 1.49. The molecule has 0 unspecified atom stereocenters. The molecule has 138 valence electrons. The molecule has 7 heteroatoms. The van der Waals surface area contributed by atoms with Crippen LogP contribution in [0, 0.1) is 6.92 Å². The third kappa shape index (κ3) is 3.37. The van der Waals surface area contributed by atoms with Crippen LogP contribution in [-0.4, -0.2) is 32.7 Å². The lowest BCUT2D eigenvalue weighted by Crippen LogP contribution is -2.28. The maximum absolute atomic E-state index is 12.9. The summed E-state index contributed by atoms with van der Waals surface area (Å²) in [5, 5.41) is 3.51. The van der Waals surface area contributed by atoms with Gasteiger partial charge in [-0.1, -0.05) is 29.8 Å². The molecular weight excluding hydrogens is 372 g/mol. The first-order chi connectivity index (χ1) is 12.2. The van der Waals surface area contributed by atoms with Gasteiger partial charge in [0, 0.05) is 24.8 Å². The fourth-order valence-corrected chi connectivity index (χ4v) is 4.03. The Bertz CT molecular complexity index is 966. The molecule has 5 nitrogen and oxygen atoms in total. The van der Waals surface area contributed by atoms with E-state index in [1.165, 1.54) is 20.2 Å². The third-order valence-corrected chi connectivity index (χ3v) is 6.84. The van der Waals surface area contributed by atoms with E-state index in [-0.39, 0.29) is 10.8 Å². The fraction of sp³-hybridized carbons (Fsp3) is 0.316. The fourth-order valence-electron chi connectivity index (χ4n) is 2.91. The Morgan fingerprint density at radius 2 is 1.85 bits per heavy atom. The molecule has 0 atom stereocenters. The highest BCUT2D eigenvalue weighted by atomic mass is 35.5. The molecule has 0 radical (unpaired) electrons. The third-order valence-electron chi connectivity index (χ3n) is 4.80. The number of sulfonamides is 1. The monoisotopic (exact) mass is 392 g/mol. The Morgan fingerprint density at radius 3 is 2.42 bits per heavy atom. The lowest BCUT2D eigenvalue weighted by Gasteiger charge is -2.18. The molecule has 0 aliphatic heterocycles. The summed E-state index contributed by atoms with van der Waals surface area (Å²) in [7, 11) is -0.609. The number of hydrogen-bond donors (Lipinski definition) is 1. The summed E-state index contributed by atoms with van der Waals surface area (Å²) in [5.41, 5.74) is 1.61. The normalized spacial score (nSPS) is 15.7. The van der Waals surface area contributed by atoms with E-state index in [4.69, 9.17) is 11.6 Å². The number of hydrogen-bond acceptors (Lipinski definition) is 3. The molecule has 0 saturated heterocycles. The van der Waals surface area contributed by atoms with Crippen molar-refractivity contribution in [2.75, 3.05) is 19.4 Å². The molecule has 2 aromatic rings. The van der Waals surface area contributed by atoms with E-state index in [2.05, 4.69) is 5.32 Å². The van der Waals surface area contributed by atoms with Gasteiger partial charge in [0.2, 0.25) is 15.9 Å². The number of nitrogens with one attached hydrogen (secondary N) is 1. The molecule has 0 spiro atoms. The molecule has 1 aliphatic rings. The first-order valence-electron chi connectivity index (χ1n) is 8.27. The Hall–Kier alpha value is -1.89. The number of nitrogens with zero attached hydrogens (tertiary/aromatic N) is 1. The molecular formula is C19H21ClN2O3S. The van der Waals surface area contributed by atoms with Gasteiger partial charge >= 0.3 is 0 Å². The summed E-state index contributed by atoms with van der Waals surface area (Å²) < 4.78 is 25.8. The second-order valence-electron chi connectivity index (χ2n) is 6.81. The summed E-state index contributed by atoms with van der Waals surface area (Å²) in [6.45, 7) is 1.83. The largest absolute Gasteiger partial charge is 0.325 e. The topological polar surface area (TPSA) is 66.5 Å². The first kappa shape index (κ1) is 18.9. The number of amides is 1. The Kier molecular flexibility index (Phi) is 4.86. The number of benzene rings is 2. The van der Waals surface area contributed by atoms with Crippen molar-refractivity contribution in [3.05, 3.63) is 58.6 Å². The van der Waals surface area contributed by atoms with Gasteiger partial charge in [0.25, 0.3) is 0 Å². The number of anilines is 1. The quantitative estimate of drug-likeness (QED) is 0.845. The van der Waals surface area contributed by atoms with Crippen molar-refractivity contribution >= 4 is 33.2 Å². The van der Waals surface area contributed by atoms with E-state index in [0.29, 0.717) is 10.7 Å². The van der Waals surface area contributed by atoms with Crippen molar-refractivity contribution < 1.29 is 13.2 Å². The Morgan fingerprint density at radius 1 is 1.15 bits per heavy atom. The van der Waals surface area contributed by atoms with E-state index in [9.17, 15) is 13.2 Å². The second kappa shape index (κ2) is 6.68. The minimum Gasteiger partial charge on any atom is -0.325 e. The lowest BCUT2D eigenvalue weighted by atomic mass is 9.95. The summed E-state index contributed by atoms with van der Waals surface area (Å²) >= 11 is 6.07. The van der Waals surface area contributed by atoms with Gasteiger partial charge in [-0.3, -0.25) is 4.79 Å². The smallest absolute Gasteiger partial charge is 0.242 e. The van der Waals surface area contributed by atoms with E-state index in [0.717, 1.165) is 28.3 Å². The number of halogens is 1. The Labute approximate surface area is 159 Å². The highest BCUT2D eigenvalue weighted by molar-refractivity contribution is 7.89. The molecule has 1 saturated carbocycles. The maximum Gasteiger partial charge on any atom is 0.242 e. The van der Waals surface area contributed by atoms with Crippen LogP contribution < -0.4 is 5.32 Å². The van der Waals surface area contributed by atoms with Crippen LogP contribution in [-0.2, 0) is 20.2 Å². The zero-order chi connectivity index (χ0) is 19.1. The summed E-state index contributed by atoms with van der Waals surface area (Å²) in [5.74, 6) is -0.137. The van der Waals surface area contributed by atoms with Gasteiger partial charge in [-0.25, -0.2) is 12.7 Å². The molecule has 0 bridgehead atoms. The van der Waals surface area contributed by atoms with E-state index < -0.39 is 15.4 Å². The molecule has 26 heavy (non-hydrogen) atoms. The number of aryl methyl sites for hydroxylation is 1. The summed E-state index contributed by atoms with van der Waals surface area (Å²) in [4.78, 5) is 13.1. The van der Waals surface area contributed by atoms with E-state index in [1.807, 2.05) is 25.1 Å². The second-order valence-corrected chi connectivity index (χ2v) is 9.40. The standard InChI is InChI=1S/C19H21ClN2O3S/c1-13-7-8-16(26(24,25)22(2)3)12-17(13)21-18(23)19(9-10-19)14-5-4-6-15(20)11-14/h4-8,11-12H,9-10H2,1-3H3,(H,21,23). The van der Waals surface area contributed by atoms with Crippen molar-refractivity contribution in [1.29, 1.82) is 0 Å². The zero-order valence-corrected chi connectivity index (χ0v) is 16.5. The zero-order valence-electron chi connectivity index (χ0n) is 14.9. The van der Waals surface area contributed by atoms with E-state index in [1.54, 1.807) is 18.2 Å². The van der Waals surface area contributed by atoms with Crippen LogP contribution in [0.4, 0.5) is 5.69 Å². The highest BCUT2D eigenvalue weighted by Gasteiger charge is 2.51. The first-order valence-corrected chi connectivity index (χ1v) is 10.1. The Balaban J connectivity index is 1.91. The molecule has 1 aliphatic carbocycles. The SMILES string of the molecule is Cc1ccc(S(=O)(=O)N(C)C)cc1NC(=O)C1(c2cccc(Cl)c2)CC1. The number of rotatable bonds is 5. The van der Waals surface area contributed by atoms with Gasteiger partial charge in [-0.15, -0.1) is 0 Å². The van der Waals surface area contributed by atoms with Crippen LogP contribution in [0.5, 0.6) is 0 Å². The number of carbonyl (C=O) groups excluding carboxylic acids is 1. The maximum atomic E-state index is 12.9. The minimum atomic E-state index is -3.56. The van der Waals surface area contributed by atoms with Gasteiger partial charge in [-0.05, 0) is 55.2 Å². The van der Waals surface area contributed by atoms with Gasteiger partial charge in [0.15, 0.2) is 0 Å². The minimum absolute atomic E-state index is 0.137. The van der Waals surface area contributed by atoms with Gasteiger partial charge in [-0.2, -0.15) is 0 Å².